The molecule has 3 N–H and O–H groups in total. The first-order chi connectivity index (χ1) is 6.60. The van der Waals surface area contributed by atoms with Gasteiger partial charge in [0.2, 0.25) is 0 Å². The molecule has 0 aromatic carbocycles. The second-order valence-corrected chi connectivity index (χ2v) is 4.56. The Kier molecular flexibility index (Phi) is 7.98. The van der Waals surface area contributed by atoms with Crippen LogP contribution in [0.2, 0.25) is 0 Å². The van der Waals surface area contributed by atoms with Crippen LogP contribution < -0.4 is 5.73 Å². The molecule has 0 aliphatic heterocycles. The molecule has 85 valence electrons. The van der Waals surface area contributed by atoms with Crippen molar-refractivity contribution in [2.24, 2.45) is 17.6 Å². The normalized spacial score (nSPS) is 27.5. The molecule has 1 aliphatic rings. The van der Waals surface area contributed by atoms with Crippen molar-refractivity contribution >= 4 is 0 Å². The fraction of sp³-hybridized carbons (Fsp3) is 0.833. The average molecular weight is 422 g/mol. The van der Waals surface area contributed by atoms with E-state index < -0.39 is 0 Å². The first kappa shape index (κ1) is 16.1. The van der Waals surface area contributed by atoms with Gasteiger partial charge in [-0.05, 0) is 19.3 Å². The summed E-state index contributed by atoms with van der Waals surface area (Å²) in [7, 11) is 0. The van der Waals surface area contributed by atoms with Gasteiger partial charge in [0.05, 0.1) is 0 Å². The Labute approximate surface area is 130 Å². The van der Waals surface area contributed by atoms with Crippen LogP contribution in [0.3, 0.4) is 0 Å². The van der Waals surface area contributed by atoms with Crippen LogP contribution in [0.25, 0.3) is 5.73 Å². The van der Waals surface area contributed by atoms with E-state index in [9.17, 15) is 0 Å². The van der Waals surface area contributed by atoms with Gasteiger partial charge < -0.3 is 11.5 Å². The molecular formula is C12H23AcN2-. The summed E-state index contributed by atoms with van der Waals surface area (Å²) in [6.07, 6.45) is 5.41. The minimum Gasteiger partial charge on any atom is -0.674 e. The number of nitrogens with one attached hydrogen (secondary N) is 1. The molecule has 0 aromatic heterocycles. The molecule has 0 bridgehead atoms. The second-order valence-electron chi connectivity index (χ2n) is 4.56. The molecule has 0 saturated heterocycles. The third-order valence-corrected chi connectivity index (χ3v) is 3.50. The quantitative estimate of drug-likeness (QED) is 0.696. The van der Waals surface area contributed by atoms with E-state index in [1.165, 1.54) is 5.57 Å². The van der Waals surface area contributed by atoms with Gasteiger partial charge in [-0.1, -0.05) is 44.3 Å². The van der Waals surface area contributed by atoms with E-state index in [0.717, 1.165) is 19.3 Å². The van der Waals surface area contributed by atoms with Crippen molar-refractivity contribution in [1.29, 1.82) is 0 Å². The molecule has 3 atom stereocenters. The molecule has 1 radical (unpaired) electrons. The van der Waals surface area contributed by atoms with Crippen molar-refractivity contribution in [3.63, 3.8) is 0 Å². The summed E-state index contributed by atoms with van der Waals surface area (Å²) in [5, 5.41) is 0. The summed E-state index contributed by atoms with van der Waals surface area (Å²) in [6, 6.07) is 0.190. The SMILES string of the molecule is CCC(CC)C([NH-])[C@@H]1C=C(C)C[C@H]1N.[Ac]. The van der Waals surface area contributed by atoms with Crippen molar-refractivity contribution in [1.82, 2.24) is 0 Å². The van der Waals surface area contributed by atoms with Gasteiger partial charge in [-0.2, -0.15) is 0 Å². The molecule has 0 saturated carbocycles. The Balaban J connectivity index is 0.00000196. The van der Waals surface area contributed by atoms with Crippen molar-refractivity contribution < 1.29 is 44.1 Å². The van der Waals surface area contributed by atoms with Crippen LogP contribution in [0, 0.1) is 55.9 Å². The van der Waals surface area contributed by atoms with Crippen LogP contribution in [0.5, 0.6) is 0 Å². The zero-order chi connectivity index (χ0) is 10.7. The van der Waals surface area contributed by atoms with Gasteiger partial charge in [-0.25, -0.2) is 0 Å². The van der Waals surface area contributed by atoms with Crippen LogP contribution in [0.15, 0.2) is 11.6 Å². The molecule has 0 heterocycles. The smallest absolute Gasteiger partial charge is 0.0125 e. The van der Waals surface area contributed by atoms with E-state index in [-0.39, 0.29) is 56.1 Å². The summed E-state index contributed by atoms with van der Waals surface area (Å²) in [6.45, 7) is 6.47. The van der Waals surface area contributed by atoms with Crippen molar-refractivity contribution in [2.45, 2.75) is 52.1 Å². The van der Waals surface area contributed by atoms with E-state index in [1.807, 2.05) is 0 Å². The molecule has 3 heteroatoms. The molecule has 1 aliphatic carbocycles. The largest absolute Gasteiger partial charge is 0.674 e. The van der Waals surface area contributed by atoms with Gasteiger partial charge in [0.15, 0.2) is 0 Å². The summed E-state index contributed by atoms with van der Waals surface area (Å²) >= 11 is 0. The van der Waals surface area contributed by atoms with Crippen molar-refractivity contribution in [3.05, 3.63) is 17.4 Å². The number of nitrogens with two attached hydrogens (primary N) is 1. The molecule has 0 aromatic rings. The molecule has 2 nitrogen and oxygen atoms in total. The van der Waals surface area contributed by atoms with Crippen molar-refractivity contribution in [3.8, 4) is 0 Å². The Morgan fingerprint density at radius 1 is 1.47 bits per heavy atom. The minimum atomic E-state index is -0.00236. The third kappa shape index (κ3) is 4.11. The van der Waals surface area contributed by atoms with E-state index in [2.05, 4.69) is 26.8 Å². The Bertz CT molecular complexity index is 212. The van der Waals surface area contributed by atoms with Gasteiger partial charge in [0.25, 0.3) is 0 Å². The number of rotatable bonds is 4. The van der Waals surface area contributed by atoms with Crippen LogP contribution in [-0.4, -0.2) is 12.1 Å². The van der Waals surface area contributed by atoms with Crippen molar-refractivity contribution in [2.75, 3.05) is 0 Å². The first-order valence-corrected chi connectivity index (χ1v) is 5.74. The summed E-state index contributed by atoms with van der Waals surface area (Å²) in [4.78, 5) is 0. The van der Waals surface area contributed by atoms with E-state index in [4.69, 9.17) is 11.5 Å². The molecule has 1 rings (SSSR count). The number of hydrogen-bond donors (Lipinski definition) is 1. The maximum Gasteiger partial charge on any atom is 0.0125 e. The zero-order valence-electron chi connectivity index (χ0n) is 10.2. The second kappa shape index (κ2) is 7.43. The monoisotopic (exact) mass is 422 g/mol. The maximum absolute atomic E-state index is 8.22. The first-order valence-electron chi connectivity index (χ1n) is 5.74. The standard InChI is InChI=1S/C12H23N2.Ac/c1-4-9(5-2)12(14)10-6-8(3)7-11(10)13;/h6,9-12,14H,4-5,7,13H2,1-3H3;/q-1;/t10-,11-,12?;/m1./s1. The Morgan fingerprint density at radius 3 is 2.33 bits per heavy atom. The topological polar surface area (TPSA) is 49.8 Å². The van der Waals surface area contributed by atoms with E-state index in [1.54, 1.807) is 0 Å². The Hall–Kier alpha value is 1.10. The molecule has 0 spiro atoms. The average Bonchev–Trinajstić information content (AvgIpc) is 2.47. The van der Waals surface area contributed by atoms with Crippen LogP contribution in [-0.2, 0) is 0 Å². The summed E-state index contributed by atoms with van der Waals surface area (Å²) in [5.74, 6) is 0.799. The van der Waals surface area contributed by atoms with Crippen LogP contribution in [0.4, 0.5) is 0 Å². The molecule has 0 amide bonds. The van der Waals surface area contributed by atoms with Gasteiger partial charge in [-0.3, -0.25) is 0 Å². The van der Waals surface area contributed by atoms with Crippen LogP contribution in [0.1, 0.15) is 40.0 Å². The third-order valence-electron chi connectivity index (χ3n) is 3.50. The zero-order valence-corrected chi connectivity index (χ0v) is 14.9. The minimum absolute atomic E-state index is 0. The van der Waals surface area contributed by atoms with Gasteiger partial charge >= 0.3 is 0 Å². The fourth-order valence-corrected chi connectivity index (χ4v) is 2.51. The van der Waals surface area contributed by atoms with Crippen LogP contribution >= 0.6 is 0 Å². The summed E-state index contributed by atoms with van der Waals surface area (Å²) < 4.78 is 0. The molecular weight excluding hydrogens is 399 g/mol. The van der Waals surface area contributed by atoms with Gasteiger partial charge in [-0.15, -0.1) is 6.04 Å². The Morgan fingerprint density at radius 2 is 2.00 bits per heavy atom. The van der Waals surface area contributed by atoms with Gasteiger partial charge in [0, 0.05) is 50.1 Å². The molecule has 15 heavy (non-hydrogen) atoms. The fourth-order valence-electron chi connectivity index (χ4n) is 2.51. The molecule has 0 fully saturated rings. The number of hydrogen-bond acceptors (Lipinski definition) is 1. The van der Waals surface area contributed by atoms with E-state index >= 15 is 0 Å². The summed E-state index contributed by atoms with van der Waals surface area (Å²) in [5.41, 5.74) is 15.6. The van der Waals surface area contributed by atoms with Gasteiger partial charge in [0.1, 0.15) is 0 Å². The predicted octanol–water partition coefficient (Wildman–Crippen LogP) is 3.14. The van der Waals surface area contributed by atoms with E-state index in [0.29, 0.717) is 11.8 Å². The maximum atomic E-state index is 8.22. The predicted molar refractivity (Wildman–Crippen MR) is 62.0 cm³/mol. The molecule has 1 unspecified atom stereocenters.